The number of rotatable bonds is 3. The summed E-state index contributed by atoms with van der Waals surface area (Å²) in [6, 6.07) is 12.4. The zero-order valence-corrected chi connectivity index (χ0v) is 16.3. The minimum absolute atomic E-state index is 0.205. The quantitative estimate of drug-likeness (QED) is 0.682. The molecule has 5 rings (SSSR count). The fourth-order valence-electron chi connectivity index (χ4n) is 4.68. The van der Waals surface area contributed by atoms with Crippen LogP contribution < -0.4 is 0 Å². The standard InChI is InChI=1S/C23H26N4O/c1-17-9-5-6-12-21(17)27-22(25-13-7-8-14-25)19-15-26(16-20(19)24-27)23(28)18-10-3-2-4-11-18/h5-9,12-14,18H,2-4,10-11,15-16H2,1H3. The highest BCUT2D eigenvalue weighted by atomic mass is 16.2. The molecule has 0 unspecified atom stereocenters. The Bertz CT molecular complexity index is 996. The molecule has 1 aromatic carbocycles. The molecule has 5 heteroatoms. The topological polar surface area (TPSA) is 43.1 Å². The number of carbonyl (C=O) groups is 1. The van der Waals surface area contributed by atoms with E-state index in [9.17, 15) is 4.79 Å². The SMILES string of the molecule is Cc1ccccc1-n1nc2c(c1-n1cccc1)CN(C(=O)C1CCCCC1)C2. The number of para-hydroxylation sites is 1. The van der Waals surface area contributed by atoms with Gasteiger partial charge in [0.15, 0.2) is 0 Å². The maximum atomic E-state index is 13.1. The average molecular weight is 374 g/mol. The van der Waals surface area contributed by atoms with Crippen molar-refractivity contribution in [3.63, 3.8) is 0 Å². The Morgan fingerprint density at radius 2 is 1.75 bits per heavy atom. The Hall–Kier alpha value is -2.82. The lowest BCUT2D eigenvalue weighted by atomic mass is 9.88. The molecule has 0 spiro atoms. The van der Waals surface area contributed by atoms with Crippen LogP contribution in [0.15, 0.2) is 48.8 Å². The molecule has 0 radical (unpaired) electrons. The van der Waals surface area contributed by atoms with Crippen molar-refractivity contribution in [1.29, 1.82) is 0 Å². The Balaban J connectivity index is 1.52. The second kappa shape index (κ2) is 6.97. The van der Waals surface area contributed by atoms with E-state index in [2.05, 4.69) is 42.1 Å². The smallest absolute Gasteiger partial charge is 0.226 e. The fourth-order valence-corrected chi connectivity index (χ4v) is 4.68. The van der Waals surface area contributed by atoms with Crippen molar-refractivity contribution >= 4 is 5.91 Å². The van der Waals surface area contributed by atoms with Gasteiger partial charge in [0.2, 0.25) is 5.91 Å². The van der Waals surface area contributed by atoms with Crippen LogP contribution in [0.5, 0.6) is 0 Å². The molecule has 0 atom stereocenters. The molecule has 1 amide bonds. The fraction of sp³-hybridized carbons (Fsp3) is 0.391. The maximum absolute atomic E-state index is 13.1. The second-order valence-corrected chi connectivity index (χ2v) is 8.07. The molecule has 1 aliphatic heterocycles. The van der Waals surface area contributed by atoms with E-state index in [1.165, 1.54) is 30.4 Å². The summed E-state index contributed by atoms with van der Waals surface area (Å²) in [4.78, 5) is 15.1. The molecule has 1 fully saturated rings. The van der Waals surface area contributed by atoms with E-state index in [0.29, 0.717) is 19.0 Å². The van der Waals surface area contributed by atoms with Gasteiger partial charge in [0, 0.05) is 23.9 Å². The van der Waals surface area contributed by atoms with E-state index in [-0.39, 0.29) is 5.92 Å². The predicted molar refractivity (Wildman–Crippen MR) is 108 cm³/mol. The number of hydrogen-bond acceptors (Lipinski definition) is 2. The van der Waals surface area contributed by atoms with Gasteiger partial charge in [-0.3, -0.25) is 4.79 Å². The molecule has 0 bridgehead atoms. The van der Waals surface area contributed by atoms with Gasteiger partial charge in [0.25, 0.3) is 0 Å². The van der Waals surface area contributed by atoms with Crippen LogP contribution in [0.1, 0.15) is 48.9 Å². The highest BCUT2D eigenvalue weighted by Crippen LogP contribution is 2.34. The van der Waals surface area contributed by atoms with Crippen LogP contribution in [0.4, 0.5) is 0 Å². The summed E-state index contributed by atoms with van der Waals surface area (Å²) in [7, 11) is 0. The first-order chi connectivity index (χ1) is 13.7. The summed E-state index contributed by atoms with van der Waals surface area (Å²) in [5.74, 6) is 1.57. The van der Waals surface area contributed by atoms with Gasteiger partial charge >= 0.3 is 0 Å². The summed E-state index contributed by atoms with van der Waals surface area (Å²) >= 11 is 0. The molecule has 144 valence electrons. The number of benzene rings is 1. The molecule has 1 aliphatic carbocycles. The van der Waals surface area contributed by atoms with E-state index < -0.39 is 0 Å². The summed E-state index contributed by atoms with van der Waals surface area (Å²) in [6.07, 6.45) is 9.83. The lowest BCUT2D eigenvalue weighted by Gasteiger charge is -2.26. The van der Waals surface area contributed by atoms with Gasteiger partial charge in [-0.1, -0.05) is 37.5 Å². The van der Waals surface area contributed by atoms with E-state index in [0.717, 1.165) is 30.0 Å². The molecule has 5 nitrogen and oxygen atoms in total. The Kier molecular flexibility index (Phi) is 4.30. The number of carbonyl (C=O) groups excluding carboxylic acids is 1. The summed E-state index contributed by atoms with van der Waals surface area (Å²) in [5.41, 5.74) is 4.47. The summed E-state index contributed by atoms with van der Waals surface area (Å²) in [5, 5.41) is 4.96. The molecule has 3 aromatic rings. The largest absolute Gasteiger partial charge is 0.332 e. The van der Waals surface area contributed by atoms with Crippen molar-refractivity contribution in [2.24, 2.45) is 5.92 Å². The number of aryl methyl sites for hydroxylation is 1. The number of aromatic nitrogens is 3. The third-order valence-electron chi connectivity index (χ3n) is 6.19. The van der Waals surface area contributed by atoms with Crippen molar-refractivity contribution in [3.05, 3.63) is 65.6 Å². The van der Waals surface area contributed by atoms with Crippen LogP contribution >= 0.6 is 0 Å². The van der Waals surface area contributed by atoms with Gasteiger partial charge in [-0.25, -0.2) is 4.68 Å². The summed E-state index contributed by atoms with van der Waals surface area (Å²) in [6.45, 7) is 3.39. The van der Waals surface area contributed by atoms with Crippen LogP contribution in [-0.4, -0.2) is 25.2 Å². The first-order valence-electron chi connectivity index (χ1n) is 10.3. The van der Waals surface area contributed by atoms with Crippen molar-refractivity contribution in [2.75, 3.05) is 0 Å². The van der Waals surface area contributed by atoms with Gasteiger partial charge in [0.05, 0.1) is 24.5 Å². The number of fused-ring (bicyclic) bond motifs is 1. The lowest BCUT2D eigenvalue weighted by Crippen LogP contribution is -2.33. The van der Waals surface area contributed by atoms with E-state index in [1.54, 1.807) is 0 Å². The predicted octanol–water partition coefficient (Wildman–Crippen LogP) is 4.39. The van der Waals surface area contributed by atoms with Crippen molar-refractivity contribution in [3.8, 4) is 11.5 Å². The van der Waals surface area contributed by atoms with Gasteiger partial charge < -0.3 is 9.47 Å². The van der Waals surface area contributed by atoms with Gasteiger partial charge in [-0.2, -0.15) is 5.10 Å². The van der Waals surface area contributed by atoms with E-state index in [4.69, 9.17) is 5.10 Å². The number of nitrogens with zero attached hydrogens (tertiary/aromatic N) is 4. The van der Waals surface area contributed by atoms with Crippen LogP contribution in [0, 0.1) is 12.8 Å². The molecule has 28 heavy (non-hydrogen) atoms. The third-order valence-corrected chi connectivity index (χ3v) is 6.19. The van der Waals surface area contributed by atoms with Crippen LogP contribution in [0.2, 0.25) is 0 Å². The van der Waals surface area contributed by atoms with Crippen molar-refractivity contribution < 1.29 is 4.79 Å². The lowest BCUT2D eigenvalue weighted by molar-refractivity contribution is -0.137. The van der Waals surface area contributed by atoms with Crippen LogP contribution in [0.3, 0.4) is 0 Å². The van der Waals surface area contributed by atoms with Gasteiger partial charge in [0.1, 0.15) is 5.82 Å². The molecule has 2 aliphatic rings. The molecule has 2 aromatic heterocycles. The molecule has 1 saturated carbocycles. The van der Waals surface area contributed by atoms with Crippen molar-refractivity contribution in [2.45, 2.75) is 52.1 Å². The average Bonchev–Trinajstić information content (AvgIpc) is 3.44. The minimum Gasteiger partial charge on any atom is -0.332 e. The monoisotopic (exact) mass is 374 g/mol. The summed E-state index contributed by atoms with van der Waals surface area (Å²) < 4.78 is 4.16. The number of amides is 1. The first-order valence-corrected chi connectivity index (χ1v) is 10.3. The van der Waals surface area contributed by atoms with Gasteiger partial charge in [-0.15, -0.1) is 0 Å². The Morgan fingerprint density at radius 1 is 1.00 bits per heavy atom. The Morgan fingerprint density at radius 3 is 2.50 bits per heavy atom. The maximum Gasteiger partial charge on any atom is 0.226 e. The number of hydrogen-bond donors (Lipinski definition) is 0. The normalized spacial score (nSPS) is 17.1. The second-order valence-electron chi connectivity index (χ2n) is 8.07. The van der Waals surface area contributed by atoms with Crippen molar-refractivity contribution in [1.82, 2.24) is 19.2 Å². The Labute approximate surface area is 165 Å². The molecule has 0 saturated heterocycles. The highest BCUT2D eigenvalue weighted by Gasteiger charge is 2.34. The molecule has 0 N–H and O–H groups in total. The molecular weight excluding hydrogens is 348 g/mol. The third kappa shape index (κ3) is 2.86. The van der Waals surface area contributed by atoms with E-state index in [1.807, 2.05) is 27.8 Å². The molecule has 3 heterocycles. The van der Waals surface area contributed by atoms with E-state index >= 15 is 0 Å². The van der Waals surface area contributed by atoms with Crippen LogP contribution in [-0.2, 0) is 17.9 Å². The highest BCUT2D eigenvalue weighted by molar-refractivity contribution is 5.79. The van der Waals surface area contributed by atoms with Crippen LogP contribution in [0.25, 0.3) is 11.5 Å². The molecular formula is C23H26N4O. The van der Waals surface area contributed by atoms with Gasteiger partial charge in [-0.05, 0) is 43.5 Å². The minimum atomic E-state index is 0.205. The zero-order valence-electron chi connectivity index (χ0n) is 16.3. The first kappa shape index (κ1) is 17.3. The zero-order chi connectivity index (χ0) is 19.1.